The second-order valence-corrected chi connectivity index (χ2v) is 10.5. The van der Waals surface area contributed by atoms with Crippen LogP contribution in [0.1, 0.15) is 12.0 Å². The Morgan fingerprint density at radius 3 is 2.29 bits per heavy atom. The van der Waals surface area contributed by atoms with Gasteiger partial charge in [0.05, 0.1) is 22.8 Å². The van der Waals surface area contributed by atoms with E-state index >= 15 is 0 Å². The molecular weight excluding hydrogens is 407 g/mol. The first-order valence-corrected chi connectivity index (χ1v) is 11.8. The van der Waals surface area contributed by atoms with Crippen molar-refractivity contribution in [1.82, 2.24) is 5.32 Å². The lowest BCUT2D eigenvalue weighted by Crippen LogP contribution is -2.36. The summed E-state index contributed by atoms with van der Waals surface area (Å²) in [5, 5.41) is 2.70. The van der Waals surface area contributed by atoms with Gasteiger partial charge in [0.1, 0.15) is 5.82 Å². The smallest absolute Gasteiger partial charge is 0.261 e. The van der Waals surface area contributed by atoms with Gasteiger partial charge in [0.25, 0.3) is 10.0 Å². The molecule has 0 bridgehead atoms. The summed E-state index contributed by atoms with van der Waals surface area (Å²) in [6.07, 6.45) is 0.472. The Morgan fingerprint density at radius 2 is 1.71 bits per heavy atom. The van der Waals surface area contributed by atoms with Gasteiger partial charge in [-0.25, -0.2) is 21.2 Å². The van der Waals surface area contributed by atoms with Crippen molar-refractivity contribution in [1.29, 1.82) is 0 Å². The number of rotatable bonds is 6. The topological polar surface area (TPSA) is 109 Å². The highest BCUT2D eigenvalue weighted by atomic mass is 32.2. The highest BCUT2D eigenvalue weighted by Crippen LogP contribution is 2.17. The van der Waals surface area contributed by atoms with Gasteiger partial charge in [-0.3, -0.25) is 9.52 Å². The number of amides is 1. The molecule has 1 aliphatic rings. The molecular formula is C18H19FN2O5S2. The summed E-state index contributed by atoms with van der Waals surface area (Å²) in [7, 11) is -6.91. The van der Waals surface area contributed by atoms with Crippen molar-refractivity contribution < 1.29 is 26.0 Å². The molecule has 7 nitrogen and oxygen atoms in total. The number of sulfonamides is 1. The van der Waals surface area contributed by atoms with E-state index in [2.05, 4.69) is 10.0 Å². The number of hydrogen-bond donors (Lipinski definition) is 2. The fourth-order valence-electron chi connectivity index (χ4n) is 2.89. The van der Waals surface area contributed by atoms with E-state index in [0.717, 1.165) is 12.1 Å². The van der Waals surface area contributed by atoms with Crippen LogP contribution in [0.15, 0.2) is 53.4 Å². The summed E-state index contributed by atoms with van der Waals surface area (Å²) >= 11 is 0. The van der Waals surface area contributed by atoms with E-state index in [0.29, 0.717) is 17.7 Å². The molecule has 2 aromatic rings. The lowest BCUT2D eigenvalue weighted by atomic mass is 10.1. The van der Waals surface area contributed by atoms with Crippen LogP contribution in [-0.4, -0.2) is 40.3 Å². The van der Waals surface area contributed by atoms with Crippen LogP contribution in [0.5, 0.6) is 0 Å². The Morgan fingerprint density at radius 1 is 1.07 bits per heavy atom. The van der Waals surface area contributed by atoms with Gasteiger partial charge >= 0.3 is 0 Å². The van der Waals surface area contributed by atoms with Gasteiger partial charge in [0.15, 0.2) is 9.84 Å². The zero-order valence-corrected chi connectivity index (χ0v) is 16.4. The van der Waals surface area contributed by atoms with Crippen LogP contribution in [-0.2, 0) is 31.1 Å². The van der Waals surface area contributed by atoms with Crippen LogP contribution in [0.25, 0.3) is 0 Å². The molecule has 2 N–H and O–H groups in total. The molecule has 3 rings (SSSR count). The number of halogens is 1. The number of benzene rings is 2. The zero-order valence-electron chi connectivity index (χ0n) is 14.8. The molecule has 1 amide bonds. The highest BCUT2D eigenvalue weighted by Gasteiger charge is 2.28. The first-order valence-electron chi connectivity index (χ1n) is 8.50. The van der Waals surface area contributed by atoms with Gasteiger partial charge in [0.2, 0.25) is 5.91 Å². The van der Waals surface area contributed by atoms with Crippen LogP contribution in [0.4, 0.5) is 10.1 Å². The van der Waals surface area contributed by atoms with Crippen molar-refractivity contribution in [3.05, 3.63) is 59.9 Å². The second-order valence-electron chi connectivity index (χ2n) is 6.60. The van der Waals surface area contributed by atoms with Crippen molar-refractivity contribution in [2.24, 2.45) is 0 Å². The molecule has 1 aliphatic heterocycles. The Kier molecular flexibility index (Phi) is 5.71. The Bertz CT molecular complexity index is 1070. The Balaban J connectivity index is 1.59. The molecule has 0 aliphatic carbocycles. The van der Waals surface area contributed by atoms with Crippen molar-refractivity contribution in [3.63, 3.8) is 0 Å². The average Bonchev–Trinajstić information content (AvgIpc) is 2.95. The van der Waals surface area contributed by atoms with Gasteiger partial charge < -0.3 is 5.32 Å². The lowest BCUT2D eigenvalue weighted by Gasteiger charge is -2.11. The largest absolute Gasteiger partial charge is 0.352 e. The minimum atomic E-state index is -3.85. The van der Waals surface area contributed by atoms with Crippen LogP contribution in [0.2, 0.25) is 0 Å². The number of nitrogens with one attached hydrogen (secondary N) is 2. The third kappa shape index (κ3) is 5.29. The van der Waals surface area contributed by atoms with Gasteiger partial charge in [-0.1, -0.05) is 12.1 Å². The SMILES string of the molecule is O=C(Cc1ccc(NS(=O)(=O)c2ccc(F)cc2)cc1)N[C@@H]1CCS(=O)(=O)C1. The quantitative estimate of drug-likeness (QED) is 0.727. The fraction of sp³-hybridized carbons (Fsp3) is 0.278. The van der Waals surface area contributed by atoms with Gasteiger partial charge in [-0.15, -0.1) is 0 Å². The van der Waals surface area contributed by atoms with Gasteiger partial charge in [0, 0.05) is 11.7 Å². The lowest BCUT2D eigenvalue weighted by molar-refractivity contribution is -0.121. The predicted molar refractivity (Wildman–Crippen MR) is 103 cm³/mol. The van der Waals surface area contributed by atoms with Crippen LogP contribution in [0.3, 0.4) is 0 Å². The second kappa shape index (κ2) is 7.88. The number of carbonyl (C=O) groups is 1. The summed E-state index contributed by atoms with van der Waals surface area (Å²) in [6.45, 7) is 0. The Labute approximate surface area is 162 Å². The molecule has 1 fully saturated rings. The maximum atomic E-state index is 12.9. The first kappa shape index (κ1) is 20.3. The zero-order chi connectivity index (χ0) is 20.4. The summed E-state index contributed by atoms with van der Waals surface area (Å²) < 4.78 is 62.7. The summed E-state index contributed by atoms with van der Waals surface area (Å²) in [6, 6.07) is 10.3. The van der Waals surface area contributed by atoms with Crippen LogP contribution < -0.4 is 10.0 Å². The van der Waals surface area contributed by atoms with E-state index < -0.39 is 25.7 Å². The average molecular weight is 426 g/mol. The molecule has 0 aromatic heterocycles. The monoisotopic (exact) mass is 426 g/mol. The minimum absolute atomic E-state index is 0.0388. The molecule has 2 aromatic carbocycles. The maximum Gasteiger partial charge on any atom is 0.261 e. The number of hydrogen-bond acceptors (Lipinski definition) is 5. The van der Waals surface area contributed by atoms with Gasteiger partial charge in [-0.2, -0.15) is 0 Å². The third-order valence-corrected chi connectivity index (χ3v) is 7.46. The standard InChI is InChI=1S/C18H19FN2O5S2/c19-14-3-7-17(8-4-14)28(25,26)21-15-5-1-13(2-6-15)11-18(22)20-16-9-10-27(23,24)12-16/h1-8,16,21H,9-12H2,(H,20,22)/t16-/m1/s1. The van der Waals surface area contributed by atoms with E-state index in [1.165, 1.54) is 24.3 Å². The number of sulfone groups is 1. The molecule has 1 atom stereocenters. The van der Waals surface area contributed by atoms with E-state index in [1.807, 2.05) is 0 Å². The fourth-order valence-corrected chi connectivity index (χ4v) is 5.62. The van der Waals surface area contributed by atoms with Crippen molar-refractivity contribution >= 4 is 31.5 Å². The van der Waals surface area contributed by atoms with Crippen molar-refractivity contribution in [2.45, 2.75) is 23.8 Å². The van der Waals surface area contributed by atoms with Crippen LogP contribution >= 0.6 is 0 Å². The molecule has 10 heteroatoms. The van der Waals surface area contributed by atoms with Crippen LogP contribution in [0, 0.1) is 5.82 Å². The summed E-state index contributed by atoms with van der Waals surface area (Å²) in [4.78, 5) is 12.0. The molecule has 0 radical (unpaired) electrons. The molecule has 1 saturated heterocycles. The van der Waals surface area contributed by atoms with Crippen molar-refractivity contribution in [2.75, 3.05) is 16.2 Å². The predicted octanol–water partition coefficient (Wildman–Crippen LogP) is 1.47. The van der Waals surface area contributed by atoms with E-state index in [9.17, 15) is 26.0 Å². The maximum absolute atomic E-state index is 12.9. The molecule has 0 unspecified atom stereocenters. The normalized spacial score (nSPS) is 18.5. The molecule has 0 saturated carbocycles. The summed E-state index contributed by atoms with van der Waals surface area (Å²) in [5.41, 5.74) is 0.957. The number of anilines is 1. The van der Waals surface area contributed by atoms with Gasteiger partial charge in [-0.05, 0) is 48.4 Å². The van der Waals surface area contributed by atoms with E-state index in [-0.39, 0.29) is 34.8 Å². The highest BCUT2D eigenvalue weighted by molar-refractivity contribution is 7.92. The molecule has 1 heterocycles. The number of carbonyl (C=O) groups excluding carboxylic acids is 1. The first-order chi connectivity index (χ1) is 13.1. The Hall–Kier alpha value is -2.46. The van der Waals surface area contributed by atoms with E-state index in [1.54, 1.807) is 12.1 Å². The molecule has 150 valence electrons. The summed E-state index contributed by atoms with van der Waals surface area (Å²) in [5.74, 6) is -0.775. The van der Waals surface area contributed by atoms with Crippen molar-refractivity contribution in [3.8, 4) is 0 Å². The molecule has 0 spiro atoms. The van der Waals surface area contributed by atoms with E-state index in [4.69, 9.17) is 0 Å². The minimum Gasteiger partial charge on any atom is -0.352 e. The molecule has 28 heavy (non-hydrogen) atoms. The third-order valence-electron chi connectivity index (χ3n) is 4.29.